The SMILES string of the molecule is O=P(Oc1ccccc1)(N1CCCCC1)N1CCCCC1. The summed E-state index contributed by atoms with van der Waals surface area (Å²) in [5.41, 5.74) is 0. The smallest absolute Gasteiger partial charge is 0.395 e. The summed E-state index contributed by atoms with van der Waals surface area (Å²) in [6, 6.07) is 9.64. The van der Waals surface area contributed by atoms with Gasteiger partial charge in [0, 0.05) is 26.2 Å². The molecule has 0 aromatic heterocycles. The Kier molecular flexibility index (Phi) is 4.99. The van der Waals surface area contributed by atoms with Crippen LogP contribution in [0, 0.1) is 0 Å². The molecule has 0 aliphatic carbocycles. The molecule has 1 aromatic rings. The van der Waals surface area contributed by atoms with Gasteiger partial charge >= 0.3 is 7.67 Å². The van der Waals surface area contributed by atoms with E-state index in [0.29, 0.717) is 0 Å². The molecule has 0 bridgehead atoms. The lowest BCUT2D eigenvalue weighted by molar-refractivity contribution is 0.233. The highest BCUT2D eigenvalue weighted by Gasteiger charge is 2.41. The second-order valence-electron chi connectivity index (χ2n) is 5.92. The molecule has 3 rings (SSSR count). The Labute approximate surface area is 127 Å². The normalized spacial score (nSPS) is 22.1. The van der Waals surface area contributed by atoms with Gasteiger partial charge < -0.3 is 4.52 Å². The molecule has 4 nitrogen and oxygen atoms in total. The zero-order chi connectivity index (χ0) is 14.5. The van der Waals surface area contributed by atoms with Gasteiger partial charge in [0.1, 0.15) is 5.75 Å². The Morgan fingerprint density at radius 2 is 1.24 bits per heavy atom. The Hall–Kier alpha value is -0.830. The van der Waals surface area contributed by atoms with E-state index in [4.69, 9.17) is 4.52 Å². The van der Waals surface area contributed by atoms with E-state index >= 15 is 0 Å². The average Bonchev–Trinajstić information content (AvgIpc) is 2.57. The van der Waals surface area contributed by atoms with Crippen LogP contribution < -0.4 is 4.52 Å². The molecular formula is C16H25N2O2P. The monoisotopic (exact) mass is 308 g/mol. The highest BCUT2D eigenvalue weighted by atomic mass is 31.2. The van der Waals surface area contributed by atoms with Crippen molar-refractivity contribution in [3.05, 3.63) is 30.3 Å². The minimum atomic E-state index is -2.93. The predicted octanol–water partition coefficient (Wildman–Crippen LogP) is 4.15. The van der Waals surface area contributed by atoms with Gasteiger partial charge in [-0.3, -0.25) is 0 Å². The van der Waals surface area contributed by atoms with Crippen LogP contribution in [-0.2, 0) is 4.57 Å². The molecule has 2 fully saturated rings. The summed E-state index contributed by atoms with van der Waals surface area (Å²) in [4.78, 5) is 0. The molecule has 21 heavy (non-hydrogen) atoms. The van der Waals surface area contributed by atoms with E-state index in [-0.39, 0.29) is 0 Å². The van der Waals surface area contributed by atoms with Gasteiger partial charge in [0.05, 0.1) is 0 Å². The van der Waals surface area contributed by atoms with E-state index in [9.17, 15) is 4.57 Å². The molecule has 116 valence electrons. The van der Waals surface area contributed by atoms with Crippen molar-refractivity contribution in [2.24, 2.45) is 0 Å². The predicted molar refractivity (Wildman–Crippen MR) is 85.5 cm³/mol. The maximum atomic E-state index is 13.7. The topological polar surface area (TPSA) is 32.8 Å². The fourth-order valence-corrected chi connectivity index (χ4v) is 5.73. The summed E-state index contributed by atoms with van der Waals surface area (Å²) < 4.78 is 24.0. The van der Waals surface area contributed by atoms with Crippen LogP contribution in [0.4, 0.5) is 0 Å². The Bertz CT molecular complexity index is 460. The summed E-state index contributed by atoms with van der Waals surface area (Å²) in [5.74, 6) is 0.719. The van der Waals surface area contributed by atoms with E-state index in [1.165, 1.54) is 12.8 Å². The van der Waals surface area contributed by atoms with Crippen molar-refractivity contribution in [3.8, 4) is 5.75 Å². The molecule has 2 aliphatic rings. The van der Waals surface area contributed by atoms with Gasteiger partial charge in [-0.25, -0.2) is 13.9 Å². The highest BCUT2D eigenvalue weighted by molar-refractivity contribution is 7.54. The van der Waals surface area contributed by atoms with Crippen LogP contribution in [0.2, 0.25) is 0 Å². The van der Waals surface area contributed by atoms with Crippen LogP contribution in [0.1, 0.15) is 38.5 Å². The first-order valence-electron chi connectivity index (χ1n) is 8.14. The molecule has 2 saturated heterocycles. The van der Waals surface area contributed by atoms with Crippen molar-refractivity contribution in [3.63, 3.8) is 0 Å². The van der Waals surface area contributed by atoms with Crippen LogP contribution in [0.25, 0.3) is 0 Å². The fourth-order valence-electron chi connectivity index (χ4n) is 3.17. The van der Waals surface area contributed by atoms with Crippen LogP contribution in [0.15, 0.2) is 30.3 Å². The number of rotatable bonds is 4. The van der Waals surface area contributed by atoms with Crippen LogP contribution >= 0.6 is 7.67 Å². The molecule has 5 heteroatoms. The van der Waals surface area contributed by atoms with Gasteiger partial charge in [-0.15, -0.1) is 0 Å². The van der Waals surface area contributed by atoms with E-state index in [1.807, 2.05) is 30.3 Å². The fraction of sp³-hybridized carbons (Fsp3) is 0.625. The molecule has 2 aliphatic heterocycles. The summed E-state index contributed by atoms with van der Waals surface area (Å²) >= 11 is 0. The summed E-state index contributed by atoms with van der Waals surface area (Å²) in [7, 11) is -2.93. The third kappa shape index (κ3) is 3.50. The standard InChI is InChI=1S/C16H25N2O2P/c19-21(17-12-6-2-7-13-17,18-14-8-3-9-15-18)20-16-10-4-1-5-11-16/h1,4-5,10-11H,2-3,6-9,12-15H2. The lowest BCUT2D eigenvalue weighted by Crippen LogP contribution is -2.39. The molecule has 0 saturated carbocycles. The van der Waals surface area contributed by atoms with Crippen LogP contribution in [0.3, 0.4) is 0 Å². The number of hydrogen-bond acceptors (Lipinski definition) is 2. The third-order valence-electron chi connectivity index (χ3n) is 4.35. The van der Waals surface area contributed by atoms with Crippen LogP contribution in [-0.4, -0.2) is 35.5 Å². The maximum Gasteiger partial charge on any atom is 0.395 e. The van der Waals surface area contributed by atoms with Gasteiger partial charge in [0.2, 0.25) is 0 Å². The van der Waals surface area contributed by atoms with E-state index in [1.54, 1.807) is 0 Å². The lowest BCUT2D eigenvalue weighted by atomic mass is 10.2. The summed E-state index contributed by atoms with van der Waals surface area (Å²) in [5, 5.41) is 0. The van der Waals surface area contributed by atoms with Gasteiger partial charge in [-0.1, -0.05) is 31.0 Å². The Morgan fingerprint density at radius 1 is 0.762 bits per heavy atom. The molecule has 0 atom stereocenters. The second kappa shape index (κ2) is 6.95. The van der Waals surface area contributed by atoms with Crippen molar-refractivity contribution in [1.82, 2.24) is 9.34 Å². The van der Waals surface area contributed by atoms with Crippen molar-refractivity contribution in [2.45, 2.75) is 38.5 Å². The summed E-state index contributed by atoms with van der Waals surface area (Å²) in [6.07, 6.45) is 6.96. The zero-order valence-corrected chi connectivity index (χ0v) is 13.5. The number of benzene rings is 1. The number of hydrogen-bond donors (Lipinski definition) is 0. The van der Waals surface area contributed by atoms with Crippen molar-refractivity contribution in [2.75, 3.05) is 26.2 Å². The zero-order valence-electron chi connectivity index (χ0n) is 12.6. The molecule has 0 N–H and O–H groups in total. The van der Waals surface area contributed by atoms with E-state index in [0.717, 1.165) is 57.6 Å². The number of para-hydroxylation sites is 1. The first-order chi connectivity index (χ1) is 10.3. The van der Waals surface area contributed by atoms with Gasteiger partial charge in [0.15, 0.2) is 0 Å². The van der Waals surface area contributed by atoms with E-state index < -0.39 is 7.67 Å². The molecule has 2 heterocycles. The van der Waals surface area contributed by atoms with Gasteiger partial charge in [-0.05, 0) is 37.8 Å². The minimum absolute atomic E-state index is 0.719. The van der Waals surface area contributed by atoms with Gasteiger partial charge in [0.25, 0.3) is 0 Å². The molecular weight excluding hydrogens is 283 g/mol. The summed E-state index contributed by atoms with van der Waals surface area (Å²) in [6.45, 7) is 3.56. The molecule has 1 aromatic carbocycles. The Balaban J connectivity index is 1.83. The maximum absolute atomic E-state index is 13.7. The van der Waals surface area contributed by atoms with Gasteiger partial charge in [-0.2, -0.15) is 0 Å². The van der Waals surface area contributed by atoms with Crippen LogP contribution in [0.5, 0.6) is 5.75 Å². The first-order valence-corrected chi connectivity index (χ1v) is 9.68. The minimum Gasteiger partial charge on any atom is -0.422 e. The molecule has 0 radical (unpaired) electrons. The van der Waals surface area contributed by atoms with E-state index in [2.05, 4.69) is 9.34 Å². The number of piperidine rings is 2. The third-order valence-corrected chi connectivity index (χ3v) is 7.03. The average molecular weight is 308 g/mol. The highest BCUT2D eigenvalue weighted by Crippen LogP contribution is 2.55. The lowest BCUT2D eigenvalue weighted by Gasteiger charge is -2.41. The largest absolute Gasteiger partial charge is 0.422 e. The molecule has 0 unspecified atom stereocenters. The Morgan fingerprint density at radius 3 is 1.71 bits per heavy atom. The van der Waals surface area contributed by atoms with Crippen molar-refractivity contribution < 1.29 is 9.09 Å². The first kappa shape index (κ1) is 15.1. The number of nitrogens with zero attached hydrogens (tertiary/aromatic N) is 2. The second-order valence-corrected chi connectivity index (χ2v) is 8.22. The van der Waals surface area contributed by atoms with Crippen molar-refractivity contribution in [1.29, 1.82) is 0 Å². The molecule has 0 amide bonds. The van der Waals surface area contributed by atoms with Crippen molar-refractivity contribution >= 4 is 7.67 Å². The quantitative estimate of drug-likeness (QED) is 0.782. The molecule has 0 spiro atoms.